The maximum atomic E-state index is 11.9. The Kier molecular flexibility index (Phi) is 5.72. The number of nitrogens with zero attached hydrogens (tertiary/aromatic N) is 1. The summed E-state index contributed by atoms with van der Waals surface area (Å²) in [6.07, 6.45) is 5.54. The average molecular weight is 313 g/mol. The van der Waals surface area contributed by atoms with E-state index in [0.29, 0.717) is 17.8 Å². The van der Waals surface area contributed by atoms with Crippen molar-refractivity contribution >= 4 is 29.1 Å². The van der Waals surface area contributed by atoms with Gasteiger partial charge >= 0.3 is 6.03 Å². The van der Waals surface area contributed by atoms with E-state index in [9.17, 15) is 4.79 Å². The number of aryl methyl sites for hydroxylation is 1. The third-order valence-corrected chi connectivity index (χ3v) is 5.97. The van der Waals surface area contributed by atoms with Crippen LogP contribution in [0.5, 0.6) is 0 Å². The summed E-state index contributed by atoms with van der Waals surface area (Å²) in [4.78, 5) is 16.3. The second kappa shape index (κ2) is 7.31. The molecule has 2 N–H and O–H groups in total. The standard InChI is InChI=1S/C14H23N3OS2/c1-9(13-16-10(2)8-20-13)7-15-14(18)17-11-4-5-12(6-11)19-3/h8-9,11-12H,4-7H2,1-3H3,(H2,15,17,18)/t9-,11+,12+/m0/s1. The van der Waals surface area contributed by atoms with Crippen molar-refractivity contribution < 1.29 is 4.79 Å². The molecule has 1 aliphatic rings. The van der Waals surface area contributed by atoms with Gasteiger partial charge in [-0.15, -0.1) is 11.3 Å². The van der Waals surface area contributed by atoms with Gasteiger partial charge in [-0.3, -0.25) is 0 Å². The first-order chi connectivity index (χ1) is 9.58. The number of hydrogen-bond donors (Lipinski definition) is 2. The molecule has 4 nitrogen and oxygen atoms in total. The van der Waals surface area contributed by atoms with Crippen molar-refractivity contribution in [2.45, 2.75) is 50.3 Å². The van der Waals surface area contributed by atoms with Crippen LogP contribution in [0.3, 0.4) is 0 Å². The Labute approximate surface area is 129 Å². The maximum absolute atomic E-state index is 11.9. The number of thioether (sulfide) groups is 1. The van der Waals surface area contributed by atoms with Gasteiger partial charge in [0.25, 0.3) is 0 Å². The molecular formula is C14H23N3OS2. The molecule has 0 radical (unpaired) electrons. The molecule has 1 heterocycles. The lowest BCUT2D eigenvalue weighted by Crippen LogP contribution is -2.42. The predicted octanol–water partition coefficient (Wildman–Crippen LogP) is 3.14. The van der Waals surface area contributed by atoms with Gasteiger partial charge in [-0.05, 0) is 32.4 Å². The maximum Gasteiger partial charge on any atom is 0.315 e. The number of thiazole rings is 1. The summed E-state index contributed by atoms with van der Waals surface area (Å²) >= 11 is 3.56. The van der Waals surface area contributed by atoms with Gasteiger partial charge in [-0.1, -0.05) is 6.92 Å². The molecule has 3 atom stereocenters. The summed E-state index contributed by atoms with van der Waals surface area (Å²) in [5.41, 5.74) is 1.05. The number of carbonyl (C=O) groups is 1. The van der Waals surface area contributed by atoms with Crippen LogP contribution in [0.25, 0.3) is 0 Å². The Morgan fingerprint density at radius 1 is 1.60 bits per heavy atom. The lowest BCUT2D eigenvalue weighted by molar-refractivity contribution is 0.236. The van der Waals surface area contributed by atoms with Gasteiger partial charge in [0.2, 0.25) is 0 Å². The number of aromatic nitrogens is 1. The van der Waals surface area contributed by atoms with E-state index in [2.05, 4.69) is 28.8 Å². The summed E-state index contributed by atoms with van der Waals surface area (Å²) in [7, 11) is 0. The van der Waals surface area contributed by atoms with Crippen molar-refractivity contribution in [1.82, 2.24) is 15.6 Å². The van der Waals surface area contributed by atoms with Crippen molar-refractivity contribution in [1.29, 1.82) is 0 Å². The zero-order chi connectivity index (χ0) is 14.5. The zero-order valence-electron chi connectivity index (χ0n) is 12.3. The Hall–Kier alpha value is -0.750. The molecule has 2 amide bonds. The van der Waals surface area contributed by atoms with Crippen molar-refractivity contribution in [3.05, 3.63) is 16.1 Å². The minimum atomic E-state index is -0.0446. The fourth-order valence-electron chi connectivity index (χ4n) is 2.45. The van der Waals surface area contributed by atoms with Crippen LogP contribution in [0.1, 0.15) is 42.8 Å². The minimum Gasteiger partial charge on any atom is -0.337 e. The predicted molar refractivity (Wildman–Crippen MR) is 86.7 cm³/mol. The zero-order valence-corrected chi connectivity index (χ0v) is 13.9. The van der Waals surface area contributed by atoms with Crippen LogP contribution in [-0.2, 0) is 0 Å². The first kappa shape index (κ1) is 15.6. The second-order valence-electron chi connectivity index (χ2n) is 5.45. The number of amides is 2. The lowest BCUT2D eigenvalue weighted by Gasteiger charge is -2.15. The summed E-state index contributed by atoms with van der Waals surface area (Å²) in [6.45, 7) is 4.73. The molecule has 0 saturated heterocycles. The van der Waals surface area contributed by atoms with Gasteiger partial charge in [0.05, 0.1) is 5.01 Å². The van der Waals surface area contributed by atoms with Crippen LogP contribution < -0.4 is 10.6 Å². The van der Waals surface area contributed by atoms with Crippen LogP contribution in [-0.4, -0.2) is 35.1 Å². The summed E-state index contributed by atoms with van der Waals surface area (Å²) < 4.78 is 0. The highest BCUT2D eigenvalue weighted by molar-refractivity contribution is 7.99. The minimum absolute atomic E-state index is 0.0446. The van der Waals surface area contributed by atoms with Crippen molar-refractivity contribution in [2.75, 3.05) is 12.8 Å². The SMILES string of the molecule is CS[C@@H]1CC[C@@H](NC(=O)NC[C@H](C)c2nc(C)cs2)C1. The molecule has 1 saturated carbocycles. The van der Waals surface area contributed by atoms with Gasteiger partial charge in [0, 0.05) is 34.8 Å². The largest absolute Gasteiger partial charge is 0.337 e. The first-order valence-electron chi connectivity index (χ1n) is 7.07. The fourth-order valence-corrected chi connectivity index (χ4v) is 4.11. The van der Waals surface area contributed by atoms with Crippen LogP contribution >= 0.6 is 23.1 Å². The van der Waals surface area contributed by atoms with Gasteiger partial charge < -0.3 is 10.6 Å². The number of carbonyl (C=O) groups excluding carboxylic acids is 1. The highest BCUT2D eigenvalue weighted by atomic mass is 32.2. The molecule has 0 aromatic carbocycles. The summed E-state index contributed by atoms with van der Waals surface area (Å²) in [5.74, 6) is 0.266. The highest BCUT2D eigenvalue weighted by Gasteiger charge is 2.25. The quantitative estimate of drug-likeness (QED) is 0.878. The van der Waals surface area contributed by atoms with E-state index < -0.39 is 0 Å². The van der Waals surface area contributed by atoms with Crippen molar-refractivity contribution in [2.24, 2.45) is 0 Å². The van der Waals surface area contributed by atoms with Crippen LogP contribution in [0.15, 0.2) is 5.38 Å². The normalized spacial score (nSPS) is 23.6. The molecule has 0 unspecified atom stereocenters. The number of urea groups is 1. The molecule has 1 aromatic heterocycles. The van der Waals surface area contributed by atoms with Crippen LogP contribution in [0.2, 0.25) is 0 Å². The molecule has 0 spiro atoms. The smallest absolute Gasteiger partial charge is 0.315 e. The number of hydrogen-bond acceptors (Lipinski definition) is 4. The van der Waals surface area contributed by atoms with Crippen molar-refractivity contribution in [3.8, 4) is 0 Å². The molecule has 0 bridgehead atoms. The Morgan fingerprint density at radius 3 is 3.00 bits per heavy atom. The highest BCUT2D eigenvalue weighted by Crippen LogP contribution is 2.28. The van der Waals surface area contributed by atoms with Crippen LogP contribution in [0, 0.1) is 6.92 Å². The summed E-state index contributed by atoms with van der Waals surface area (Å²) in [6, 6.07) is 0.293. The van der Waals surface area contributed by atoms with Gasteiger partial charge in [-0.2, -0.15) is 11.8 Å². The number of nitrogens with one attached hydrogen (secondary N) is 2. The van der Waals surface area contributed by atoms with E-state index in [4.69, 9.17) is 0 Å². The summed E-state index contributed by atoms with van der Waals surface area (Å²) in [5, 5.41) is 9.88. The van der Waals surface area contributed by atoms with Crippen molar-refractivity contribution in [3.63, 3.8) is 0 Å². The first-order valence-corrected chi connectivity index (χ1v) is 9.24. The monoisotopic (exact) mass is 313 g/mol. The number of rotatable bonds is 5. The topological polar surface area (TPSA) is 54.0 Å². The van der Waals surface area contributed by atoms with E-state index in [-0.39, 0.29) is 11.9 Å². The van der Waals surface area contributed by atoms with Gasteiger partial charge in [0.15, 0.2) is 0 Å². The van der Waals surface area contributed by atoms with E-state index >= 15 is 0 Å². The third-order valence-electron chi connectivity index (χ3n) is 3.68. The van der Waals surface area contributed by atoms with E-state index in [1.165, 1.54) is 6.42 Å². The Bertz CT molecular complexity index is 449. The molecular weight excluding hydrogens is 290 g/mol. The molecule has 1 aliphatic carbocycles. The fraction of sp³-hybridized carbons (Fsp3) is 0.714. The second-order valence-corrected chi connectivity index (χ2v) is 7.48. The van der Waals surface area contributed by atoms with Crippen LogP contribution in [0.4, 0.5) is 4.79 Å². The Balaban J connectivity index is 1.70. The van der Waals surface area contributed by atoms with E-state index in [0.717, 1.165) is 23.5 Å². The molecule has 6 heteroatoms. The average Bonchev–Trinajstić information content (AvgIpc) is 3.05. The Morgan fingerprint density at radius 2 is 2.40 bits per heavy atom. The molecule has 112 valence electrons. The van der Waals surface area contributed by atoms with Gasteiger partial charge in [-0.25, -0.2) is 9.78 Å². The van der Waals surface area contributed by atoms with Gasteiger partial charge in [0.1, 0.15) is 0 Å². The molecule has 2 rings (SSSR count). The third kappa shape index (κ3) is 4.38. The van der Waals surface area contributed by atoms with E-state index in [1.807, 2.05) is 24.1 Å². The molecule has 20 heavy (non-hydrogen) atoms. The molecule has 0 aliphatic heterocycles. The molecule has 1 fully saturated rings. The van der Waals surface area contributed by atoms with E-state index in [1.54, 1.807) is 11.3 Å². The molecule has 1 aromatic rings. The lowest BCUT2D eigenvalue weighted by atomic mass is 10.2.